The molecular formula is C19H25ClFN3O5S. The van der Waals surface area contributed by atoms with Crippen LogP contribution < -0.4 is 5.32 Å². The van der Waals surface area contributed by atoms with E-state index in [1.54, 1.807) is 20.8 Å². The summed E-state index contributed by atoms with van der Waals surface area (Å²) in [6.07, 6.45) is -0.0657. The lowest BCUT2D eigenvalue weighted by atomic mass is 9.99. The Morgan fingerprint density at radius 1 is 1.33 bits per heavy atom. The lowest BCUT2D eigenvalue weighted by Gasteiger charge is -2.24. The van der Waals surface area contributed by atoms with Crippen molar-refractivity contribution in [2.45, 2.75) is 63.7 Å². The average Bonchev–Trinajstić information content (AvgIpc) is 3.11. The molecule has 1 heterocycles. The van der Waals surface area contributed by atoms with Crippen molar-refractivity contribution in [1.29, 1.82) is 0 Å². The van der Waals surface area contributed by atoms with E-state index in [0.717, 1.165) is 6.07 Å². The third-order valence-electron chi connectivity index (χ3n) is 4.24. The van der Waals surface area contributed by atoms with Crippen LogP contribution in [-0.4, -0.2) is 30.3 Å². The van der Waals surface area contributed by atoms with Gasteiger partial charge in [0.25, 0.3) is 0 Å². The monoisotopic (exact) mass is 461 g/mol. The number of benzene rings is 1. The van der Waals surface area contributed by atoms with Crippen LogP contribution in [0.1, 0.15) is 58.5 Å². The second-order valence-corrected chi connectivity index (χ2v) is 10.1. The molecule has 0 unspecified atom stereocenters. The zero-order chi connectivity index (χ0) is 22.7. The van der Waals surface area contributed by atoms with Crippen LogP contribution >= 0.6 is 11.6 Å². The number of hydrogen-bond donors (Lipinski definition) is 1. The van der Waals surface area contributed by atoms with Gasteiger partial charge in [0.15, 0.2) is 0 Å². The summed E-state index contributed by atoms with van der Waals surface area (Å²) in [5.74, 6) is -1.74. The van der Waals surface area contributed by atoms with Gasteiger partial charge in [-0.05, 0) is 38.8 Å². The molecule has 30 heavy (non-hydrogen) atoms. The molecule has 1 aromatic carbocycles. The van der Waals surface area contributed by atoms with Crippen LogP contribution in [0.2, 0.25) is 5.02 Å². The minimum absolute atomic E-state index is 0.0256. The summed E-state index contributed by atoms with van der Waals surface area (Å²) in [4.78, 5) is 12.2. The van der Waals surface area contributed by atoms with E-state index >= 15 is 0 Å². The molecule has 11 heteroatoms. The van der Waals surface area contributed by atoms with Crippen molar-refractivity contribution in [1.82, 2.24) is 15.5 Å². The number of amides is 1. The Hall–Kier alpha value is -2.20. The molecule has 0 radical (unpaired) electrons. The number of rotatable bonds is 7. The summed E-state index contributed by atoms with van der Waals surface area (Å²) in [7, 11) is -4.17. The number of aromatic nitrogens is 2. The van der Waals surface area contributed by atoms with E-state index < -0.39 is 44.4 Å². The highest BCUT2D eigenvalue weighted by atomic mass is 35.5. The number of alkyl carbamates (subject to hydrolysis) is 1. The predicted molar refractivity (Wildman–Crippen MR) is 108 cm³/mol. The van der Waals surface area contributed by atoms with E-state index in [-0.39, 0.29) is 22.4 Å². The SMILES string of the molecule is CC[C@@H](C)[C@@H](NC(=O)OC(C)(C)C)c1nnc(S(=O)(=O)Cc2c(F)cccc2Cl)o1. The second kappa shape index (κ2) is 9.30. The number of ether oxygens (including phenoxy) is 1. The average molecular weight is 462 g/mol. The maximum absolute atomic E-state index is 14.0. The zero-order valence-electron chi connectivity index (χ0n) is 17.4. The molecule has 0 aliphatic rings. The summed E-state index contributed by atoms with van der Waals surface area (Å²) in [6.45, 7) is 8.88. The molecular weight excluding hydrogens is 437 g/mol. The van der Waals surface area contributed by atoms with E-state index in [0.29, 0.717) is 6.42 Å². The summed E-state index contributed by atoms with van der Waals surface area (Å²) in [6, 6.07) is 3.11. The Bertz CT molecular complexity index is 984. The van der Waals surface area contributed by atoms with Crippen molar-refractivity contribution in [3.63, 3.8) is 0 Å². The topological polar surface area (TPSA) is 111 Å². The van der Waals surface area contributed by atoms with Gasteiger partial charge in [0.2, 0.25) is 15.7 Å². The first kappa shape index (κ1) is 24.1. The fourth-order valence-electron chi connectivity index (χ4n) is 2.51. The Labute approximate surface area is 180 Å². The van der Waals surface area contributed by atoms with Crippen molar-refractivity contribution < 1.29 is 26.8 Å². The van der Waals surface area contributed by atoms with Gasteiger partial charge in [-0.15, -0.1) is 5.10 Å². The summed E-state index contributed by atoms with van der Waals surface area (Å²) in [5.41, 5.74) is -0.906. The first-order valence-corrected chi connectivity index (χ1v) is 11.4. The predicted octanol–water partition coefficient (Wildman–Crippen LogP) is 4.45. The number of carbonyl (C=O) groups excluding carboxylic acids is 1. The Balaban J connectivity index is 2.29. The maximum atomic E-state index is 14.0. The van der Waals surface area contributed by atoms with Gasteiger partial charge in [-0.25, -0.2) is 17.6 Å². The standard InChI is InChI=1S/C19H25ClFN3O5S/c1-6-11(2)15(22-17(25)29-19(3,4)5)16-23-24-18(28-16)30(26,27)10-12-13(20)8-7-9-14(12)21/h7-9,11,15H,6,10H2,1-5H3,(H,22,25)/t11-,15-/m1/s1. The molecule has 0 saturated carbocycles. The molecule has 2 aromatic rings. The van der Waals surface area contributed by atoms with Crippen LogP contribution in [0.25, 0.3) is 0 Å². The number of nitrogens with one attached hydrogen (secondary N) is 1. The highest BCUT2D eigenvalue weighted by molar-refractivity contribution is 7.90. The van der Waals surface area contributed by atoms with Crippen LogP contribution in [0, 0.1) is 11.7 Å². The Kier molecular flexibility index (Phi) is 7.46. The van der Waals surface area contributed by atoms with Gasteiger partial charge >= 0.3 is 11.3 Å². The molecule has 2 atom stereocenters. The number of halogens is 2. The maximum Gasteiger partial charge on any atom is 0.408 e. The zero-order valence-corrected chi connectivity index (χ0v) is 19.0. The fourth-order valence-corrected chi connectivity index (χ4v) is 3.99. The number of carbonyl (C=O) groups is 1. The minimum Gasteiger partial charge on any atom is -0.444 e. The number of hydrogen-bond acceptors (Lipinski definition) is 7. The van der Waals surface area contributed by atoms with E-state index in [1.807, 2.05) is 13.8 Å². The molecule has 2 rings (SSSR count). The lowest BCUT2D eigenvalue weighted by molar-refractivity contribution is 0.0473. The van der Waals surface area contributed by atoms with Crippen molar-refractivity contribution in [2.75, 3.05) is 0 Å². The van der Waals surface area contributed by atoms with Crippen LogP contribution in [0.5, 0.6) is 0 Å². The molecule has 0 aliphatic heterocycles. The van der Waals surface area contributed by atoms with Crippen molar-refractivity contribution in [3.8, 4) is 0 Å². The van der Waals surface area contributed by atoms with E-state index in [2.05, 4.69) is 15.5 Å². The summed E-state index contributed by atoms with van der Waals surface area (Å²) in [5, 5.41) is 9.33. The van der Waals surface area contributed by atoms with E-state index in [9.17, 15) is 17.6 Å². The highest BCUT2D eigenvalue weighted by Crippen LogP contribution is 2.28. The van der Waals surface area contributed by atoms with Crippen molar-refractivity contribution in [2.24, 2.45) is 5.92 Å². The van der Waals surface area contributed by atoms with Gasteiger partial charge in [-0.2, -0.15) is 0 Å². The summed E-state index contributed by atoms with van der Waals surface area (Å²) >= 11 is 5.92. The molecule has 0 spiro atoms. The number of nitrogens with zero attached hydrogens (tertiary/aromatic N) is 2. The molecule has 0 fully saturated rings. The number of sulfone groups is 1. The minimum atomic E-state index is -4.17. The van der Waals surface area contributed by atoms with E-state index in [1.165, 1.54) is 12.1 Å². The Morgan fingerprint density at radius 3 is 2.57 bits per heavy atom. The van der Waals surface area contributed by atoms with Gasteiger partial charge in [0, 0.05) is 10.6 Å². The molecule has 0 aliphatic carbocycles. The van der Waals surface area contributed by atoms with Crippen LogP contribution in [0.15, 0.2) is 27.8 Å². The normalized spacial score (nSPS) is 14.2. The summed E-state index contributed by atoms with van der Waals surface area (Å²) < 4.78 is 49.9. The fraction of sp³-hybridized carbons (Fsp3) is 0.526. The van der Waals surface area contributed by atoms with E-state index in [4.69, 9.17) is 20.8 Å². The first-order chi connectivity index (χ1) is 13.8. The molecule has 1 aromatic heterocycles. The largest absolute Gasteiger partial charge is 0.444 e. The third kappa shape index (κ3) is 6.15. The van der Waals surface area contributed by atoms with Crippen LogP contribution in [0.4, 0.5) is 9.18 Å². The molecule has 0 saturated heterocycles. The van der Waals surface area contributed by atoms with Gasteiger partial charge < -0.3 is 14.5 Å². The van der Waals surface area contributed by atoms with Gasteiger partial charge in [-0.1, -0.05) is 43.0 Å². The molecule has 166 valence electrons. The smallest absolute Gasteiger partial charge is 0.408 e. The van der Waals surface area contributed by atoms with Crippen LogP contribution in [0.3, 0.4) is 0 Å². The van der Waals surface area contributed by atoms with Gasteiger partial charge in [0.05, 0.1) is 5.75 Å². The Morgan fingerprint density at radius 2 is 2.00 bits per heavy atom. The molecule has 1 amide bonds. The van der Waals surface area contributed by atoms with Gasteiger partial charge in [0.1, 0.15) is 17.5 Å². The highest BCUT2D eigenvalue weighted by Gasteiger charge is 2.31. The first-order valence-electron chi connectivity index (χ1n) is 9.32. The quantitative estimate of drug-likeness (QED) is 0.648. The molecule has 0 bridgehead atoms. The van der Waals surface area contributed by atoms with Crippen molar-refractivity contribution in [3.05, 3.63) is 40.5 Å². The lowest BCUT2D eigenvalue weighted by Crippen LogP contribution is -2.37. The van der Waals surface area contributed by atoms with Crippen molar-refractivity contribution >= 4 is 27.5 Å². The van der Waals surface area contributed by atoms with Gasteiger partial charge in [-0.3, -0.25) is 0 Å². The third-order valence-corrected chi connectivity index (χ3v) is 5.96. The van der Waals surface area contributed by atoms with Crippen LogP contribution in [-0.2, 0) is 20.3 Å². The molecule has 1 N–H and O–H groups in total. The molecule has 8 nitrogen and oxygen atoms in total. The second-order valence-electron chi connectivity index (χ2n) is 7.87.